The number of thiazole rings is 1. The van der Waals surface area contributed by atoms with Gasteiger partial charge in [-0.25, -0.2) is 13.4 Å². The van der Waals surface area contributed by atoms with E-state index in [0.717, 1.165) is 25.8 Å². The standard InChI is InChI=1S/C30H25BrN4O4S2/c1-34(20-22-6-4-3-5-7-22)41(37,38)26-15-10-23(11-16-26)29(36)35(32-19-21-8-13-25(39-2)14-9-21)30-33-27-17-12-24(31)18-28(27)40-30/h3-19H,20H2,1-2H3/b32-19+. The minimum Gasteiger partial charge on any atom is -0.497 e. The van der Waals surface area contributed by atoms with Gasteiger partial charge in [-0.1, -0.05) is 57.6 Å². The molecule has 0 unspecified atom stereocenters. The van der Waals surface area contributed by atoms with Crippen molar-refractivity contribution in [1.82, 2.24) is 9.29 Å². The molecule has 1 amide bonds. The number of hydrogen-bond donors (Lipinski definition) is 0. The van der Waals surface area contributed by atoms with Gasteiger partial charge in [0.2, 0.25) is 15.2 Å². The molecule has 0 N–H and O–H groups in total. The van der Waals surface area contributed by atoms with E-state index in [1.54, 1.807) is 25.5 Å². The molecule has 1 aromatic heterocycles. The summed E-state index contributed by atoms with van der Waals surface area (Å²) < 4.78 is 34.7. The van der Waals surface area contributed by atoms with Gasteiger partial charge in [0.15, 0.2) is 0 Å². The fourth-order valence-electron chi connectivity index (χ4n) is 3.98. The van der Waals surface area contributed by atoms with Crippen LogP contribution in [0.4, 0.5) is 5.13 Å². The second-order valence-corrected chi connectivity index (χ2v) is 13.0. The Bertz CT molecular complexity index is 1810. The molecular formula is C30H25BrN4O4S2. The zero-order chi connectivity index (χ0) is 29.0. The van der Waals surface area contributed by atoms with Crippen molar-refractivity contribution in [2.45, 2.75) is 11.4 Å². The lowest BCUT2D eigenvalue weighted by atomic mass is 10.2. The first kappa shape index (κ1) is 28.6. The van der Waals surface area contributed by atoms with Crippen LogP contribution in [-0.4, -0.2) is 44.0 Å². The van der Waals surface area contributed by atoms with Gasteiger partial charge in [0, 0.05) is 23.6 Å². The maximum atomic E-state index is 13.7. The number of anilines is 1. The highest BCUT2D eigenvalue weighted by Crippen LogP contribution is 2.32. The number of halogens is 1. The van der Waals surface area contributed by atoms with Gasteiger partial charge in [-0.2, -0.15) is 14.4 Å². The van der Waals surface area contributed by atoms with Gasteiger partial charge in [0.25, 0.3) is 5.91 Å². The van der Waals surface area contributed by atoms with E-state index in [1.807, 2.05) is 60.7 Å². The molecule has 0 saturated heterocycles. The summed E-state index contributed by atoms with van der Waals surface area (Å²) in [6.07, 6.45) is 1.57. The van der Waals surface area contributed by atoms with Crippen molar-refractivity contribution < 1.29 is 17.9 Å². The van der Waals surface area contributed by atoms with E-state index in [0.29, 0.717) is 10.9 Å². The molecule has 0 atom stereocenters. The Kier molecular flexibility index (Phi) is 8.60. The molecule has 0 aliphatic carbocycles. The smallest absolute Gasteiger partial charge is 0.280 e. The number of rotatable bonds is 9. The number of nitrogens with zero attached hydrogens (tertiary/aromatic N) is 4. The lowest BCUT2D eigenvalue weighted by Crippen LogP contribution is -2.27. The summed E-state index contributed by atoms with van der Waals surface area (Å²) in [5.74, 6) is 0.255. The molecule has 0 aliphatic heterocycles. The highest BCUT2D eigenvalue weighted by Gasteiger charge is 2.24. The predicted molar refractivity (Wildman–Crippen MR) is 166 cm³/mol. The van der Waals surface area contributed by atoms with Crippen LogP contribution in [0.3, 0.4) is 0 Å². The van der Waals surface area contributed by atoms with Crippen molar-refractivity contribution in [1.29, 1.82) is 0 Å². The van der Waals surface area contributed by atoms with Crippen molar-refractivity contribution in [3.05, 3.63) is 118 Å². The topological polar surface area (TPSA) is 92.2 Å². The summed E-state index contributed by atoms with van der Waals surface area (Å²) in [4.78, 5) is 18.5. The zero-order valence-electron chi connectivity index (χ0n) is 22.1. The lowest BCUT2D eigenvalue weighted by Gasteiger charge is -2.18. The first-order valence-electron chi connectivity index (χ1n) is 12.4. The highest BCUT2D eigenvalue weighted by molar-refractivity contribution is 9.10. The van der Waals surface area contributed by atoms with Crippen LogP contribution in [0.1, 0.15) is 21.5 Å². The number of methoxy groups -OCH3 is 1. The minimum atomic E-state index is -3.77. The van der Waals surface area contributed by atoms with Crippen molar-refractivity contribution in [2.24, 2.45) is 5.10 Å². The van der Waals surface area contributed by atoms with Crippen molar-refractivity contribution >= 4 is 64.8 Å². The molecule has 41 heavy (non-hydrogen) atoms. The number of carbonyl (C=O) groups is 1. The average Bonchev–Trinajstić information content (AvgIpc) is 3.40. The molecule has 0 saturated carbocycles. The van der Waals surface area contributed by atoms with Gasteiger partial charge >= 0.3 is 0 Å². The second kappa shape index (κ2) is 12.3. The largest absolute Gasteiger partial charge is 0.497 e. The number of carbonyl (C=O) groups excluding carboxylic acids is 1. The third-order valence-corrected chi connectivity index (χ3v) is 9.51. The Morgan fingerprint density at radius 2 is 1.71 bits per heavy atom. The van der Waals surface area contributed by atoms with Crippen LogP contribution in [0.25, 0.3) is 10.2 Å². The summed E-state index contributed by atoms with van der Waals surface area (Å²) in [5, 5.41) is 6.10. The second-order valence-electron chi connectivity index (χ2n) is 9.01. The van der Waals surface area contributed by atoms with Gasteiger partial charge in [-0.05, 0) is 77.9 Å². The zero-order valence-corrected chi connectivity index (χ0v) is 25.4. The predicted octanol–water partition coefficient (Wildman–Crippen LogP) is 6.57. The number of benzene rings is 4. The molecule has 5 aromatic rings. The van der Waals surface area contributed by atoms with Gasteiger partial charge in [-0.15, -0.1) is 0 Å². The van der Waals surface area contributed by atoms with Crippen molar-refractivity contribution in [2.75, 3.05) is 19.2 Å². The maximum Gasteiger partial charge on any atom is 0.280 e. The van der Waals surface area contributed by atoms with E-state index in [4.69, 9.17) is 4.74 Å². The number of ether oxygens (including phenoxy) is 1. The molecule has 0 aliphatic rings. The monoisotopic (exact) mass is 648 g/mol. The fraction of sp³-hybridized carbons (Fsp3) is 0.100. The molecule has 208 valence electrons. The molecule has 4 aromatic carbocycles. The van der Waals surface area contributed by atoms with Crippen LogP contribution >= 0.6 is 27.3 Å². The van der Waals surface area contributed by atoms with Crippen molar-refractivity contribution in [3.63, 3.8) is 0 Å². The Balaban J connectivity index is 1.44. The summed E-state index contributed by atoms with van der Waals surface area (Å²) in [6, 6.07) is 28.1. The minimum absolute atomic E-state index is 0.0885. The summed E-state index contributed by atoms with van der Waals surface area (Å²) in [7, 11) is -0.651. The first-order valence-corrected chi connectivity index (χ1v) is 15.5. The van der Waals surface area contributed by atoms with Crippen LogP contribution in [0.15, 0.2) is 112 Å². The number of hydrogen-bond acceptors (Lipinski definition) is 7. The Hall–Kier alpha value is -3.90. The molecule has 0 radical (unpaired) electrons. The van der Waals surface area contributed by atoms with Gasteiger partial charge in [0.05, 0.1) is 28.4 Å². The van der Waals surface area contributed by atoms with E-state index >= 15 is 0 Å². The van der Waals surface area contributed by atoms with Crippen LogP contribution in [0.5, 0.6) is 5.75 Å². The summed E-state index contributed by atoms with van der Waals surface area (Å²) in [5.41, 5.74) is 2.63. The molecule has 11 heteroatoms. The molecule has 1 heterocycles. The Morgan fingerprint density at radius 1 is 1.00 bits per heavy atom. The normalized spacial score (nSPS) is 11.8. The van der Waals surface area contributed by atoms with Gasteiger partial charge in [0.1, 0.15) is 5.75 Å². The van der Waals surface area contributed by atoms with E-state index in [-0.39, 0.29) is 17.0 Å². The molecule has 8 nitrogen and oxygen atoms in total. The number of aromatic nitrogens is 1. The SMILES string of the molecule is COc1ccc(/C=N/N(C(=O)c2ccc(S(=O)(=O)N(C)Cc3ccccc3)cc2)c2nc3ccc(Br)cc3s2)cc1. The quantitative estimate of drug-likeness (QED) is 0.133. The van der Waals surface area contributed by atoms with Crippen molar-refractivity contribution in [3.8, 4) is 5.75 Å². The van der Waals surface area contributed by atoms with E-state index in [1.165, 1.54) is 52.0 Å². The molecule has 0 spiro atoms. The Labute approximate surface area is 250 Å². The highest BCUT2D eigenvalue weighted by atomic mass is 79.9. The first-order chi connectivity index (χ1) is 19.7. The summed E-state index contributed by atoms with van der Waals surface area (Å²) >= 11 is 4.80. The number of fused-ring (bicyclic) bond motifs is 1. The molecule has 5 rings (SSSR count). The molecular weight excluding hydrogens is 624 g/mol. The number of amides is 1. The van der Waals surface area contributed by atoms with E-state index < -0.39 is 15.9 Å². The number of hydrazone groups is 1. The average molecular weight is 650 g/mol. The third-order valence-electron chi connectivity index (χ3n) is 6.21. The third kappa shape index (κ3) is 6.54. The lowest BCUT2D eigenvalue weighted by molar-refractivity contribution is 0.0987. The van der Waals surface area contributed by atoms with E-state index in [2.05, 4.69) is 26.0 Å². The Morgan fingerprint density at radius 3 is 2.39 bits per heavy atom. The van der Waals surface area contributed by atoms with Gasteiger partial charge < -0.3 is 4.74 Å². The van der Waals surface area contributed by atoms with Crippen LogP contribution in [-0.2, 0) is 16.6 Å². The number of sulfonamides is 1. The summed E-state index contributed by atoms with van der Waals surface area (Å²) in [6.45, 7) is 0.228. The fourth-order valence-corrected chi connectivity index (χ4v) is 6.61. The van der Waals surface area contributed by atoms with Crippen LogP contribution < -0.4 is 9.75 Å². The van der Waals surface area contributed by atoms with Crippen LogP contribution in [0, 0.1) is 0 Å². The van der Waals surface area contributed by atoms with Gasteiger partial charge in [-0.3, -0.25) is 4.79 Å². The molecule has 0 fully saturated rings. The van der Waals surface area contributed by atoms with Crippen LogP contribution in [0.2, 0.25) is 0 Å². The molecule has 0 bridgehead atoms. The maximum absolute atomic E-state index is 13.7. The van der Waals surface area contributed by atoms with E-state index in [9.17, 15) is 13.2 Å².